The molecule has 0 radical (unpaired) electrons. The van der Waals surface area contributed by atoms with Crippen LogP contribution in [0.2, 0.25) is 0 Å². The number of benzene rings is 2. The first-order chi connectivity index (χ1) is 9.46. The number of hydrogen-bond donors (Lipinski definition) is 2. The van der Waals surface area contributed by atoms with E-state index in [4.69, 9.17) is 9.79 Å². The zero-order valence-electron chi connectivity index (χ0n) is 10.5. The van der Waals surface area contributed by atoms with E-state index >= 15 is 0 Å². The van der Waals surface area contributed by atoms with Crippen LogP contribution in [0, 0.1) is 0 Å². The summed E-state index contributed by atoms with van der Waals surface area (Å²) in [5.74, 6) is -0.104. The summed E-state index contributed by atoms with van der Waals surface area (Å²) < 4.78 is 15.0. The first kappa shape index (κ1) is 14.6. The quantitative estimate of drug-likeness (QED) is 0.653. The highest BCUT2D eigenvalue weighted by atomic mass is 31.2. The van der Waals surface area contributed by atoms with Crippen LogP contribution in [0.5, 0.6) is 0 Å². The second kappa shape index (κ2) is 6.11. The van der Waals surface area contributed by atoms with Crippen LogP contribution in [0.1, 0.15) is 21.5 Å². The van der Waals surface area contributed by atoms with Crippen molar-refractivity contribution in [3.8, 4) is 0 Å². The molecule has 0 aliphatic rings. The van der Waals surface area contributed by atoms with Gasteiger partial charge in [-0.05, 0) is 5.56 Å². The molecule has 0 heterocycles. The summed E-state index contributed by atoms with van der Waals surface area (Å²) in [4.78, 5) is 29.3. The summed E-state index contributed by atoms with van der Waals surface area (Å²) >= 11 is 0. The average molecular weight is 292 g/mol. The highest BCUT2D eigenvalue weighted by molar-refractivity contribution is 7.46. The number of phosphoric ester groups is 1. The lowest BCUT2D eigenvalue weighted by Gasteiger charge is -2.06. The Bertz CT molecular complexity index is 630. The Morgan fingerprint density at radius 3 is 2.05 bits per heavy atom. The lowest BCUT2D eigenvalue weighted by molar-refractivity contribution is 0.103. The molecule has 0 aliphatic heterocycles. The monoisotopic (exact) mass is 292 g/mol. The zero-order chi connectivity index (χ0) is 14.6. The predicted molar refractivity (Wildman–Crippen MR) is 73.1 cm³/mol. The van der Waals surface area contributed by atoms with E-state index in [0.717, 1.165) is 0 Å². The van der Waals surface area contributed by atoms with E-state index in [0.29, 0.717) is 16.7 Å². The fourth-order valence-electron chi connectivity index (χ4n) is 1.67. The minimum absolute atomic E-state index is 0.104. The van der Waals surface area contributed by atoms with Gasteiger partial charge >= 0.3 is 7.82 Å². The van der Waals surface area contributed by atoms with Crippen molar-refractivity contribution in [3.05, 3.63) is 71.3 Å². The van der Waals surface area contributed by atoms with Crippen molar-refractivity contribution in [2.45, 2.75) is 6.61 Å². The lowest BCUT2D eigenvalue weighted by Crippen LogP contribution is -2.01. The van der Waals surface area contributed by atoms with Crippen molar-refractivity contribution in [3.63, 3.8) is 0 Å². The summed E-state index contributed by atoms with van der Waals surface area (Å²) in [6.45, 7) is -0.204. The maximum atomic E-state index is 12.1. The molecular formula is C14H13O5P. The third-order valence-electron chi connectivity index (χ3n) is 2.65. The Morgan fingerprint density at radius 1 is 0.950 bits per heavy atom. The van der Waals surface area contributed by atoms with Gasteiger partial charge in [0.2, 0.25) is 0 Å². The van der Waals surface area contributed by atoms with Gasteiger partial charge in [0.05, 0.1) is 6.61 Å². The van der Waals surface area contributed by atoms with Crippen LogP contribution >= 0.6 is 7.82 Å². The highest BCUT2D eigenvalue weighted by Gasteiger charge is 2.14. The van der Waals surface area contributed by atoms with E-state index in [-0.39, 0.29) is 12.4 Å². The van der Waals surface area contributed by atoms with Crippen LogP contribution in [0.15, 0.2) is 54.6 Å². The van der Waals surface area contributed by atoms with Crippen molar-refractivity contribution < 1.29 is 23.7 Å². The Kier molecular flexibility index (Phi) is 4.47. The van der Waals surface area contributed by atoms with E-state index in [2.05, 4.69) is 4.52 Å². The molecule has 0 spiro atoms. The molecule has 6 heteroatoms. The van der Waals surface area contributed by atoms with Crippen LogP contribution in [0.4, 0.5) is 0 Å². The van der Waals surface area contributed by atoms with Gasteiger partial charge in [-0.15, -0.1) is 0 Å². The predicted octanol–water partition coefficient (Wildman–Crippen LogP) is 2.53. The number of phosphoric acid groups is 1. The summed E-state index contributed by atoms with van der Waals surface area (Å²) in [6, 6.07) is 15.3. The first-order valence-corrected chi connectivity index (χ1v) is 7.37. The molecule has 2 aromatic carbocycles. The number of carbonyl (C=O) groups is 1. The summed E-state index contributed by atoms with van der Waals surface area (Å²) in [5, 5.41) is 0. The Labute approximate surface area is 116 Å². The van der Waals surface area contributed by atoms with E-state index in [1.807, 2.05) is 6.07 Å². The second-order valence-corrected chi connectivity index (χ2v) is 5.40. The molecule has 0 aromatic heterocycles. The van der Waals surface area contributed by atoms with Crippen LogP contribution in [-0.2, 0) is 15.7 Å². The number of carbonyl (C=O) groups excluding carboxylic acids is 1. The van der Waals surface area contributed by atoms with Crippen molar-refractivity contribution in [1.82, 2.24) is 0 Å². The van der Waals surface area contributed by atoms with E-state index in [1.165, 1.54) is 0 Å². The molecule has 0 saturated heterocycles. The van der Waals surface area contributed by atoms with Gasteiger partial charge in [0, 0.05) is 11.1 Å². The molecule has 0 saturated carbocycles. The minimum Gasteiger partial charge on any atom is -0.303 e. The van der Waals surface area contributed by atoms with Gasteiger partial charge < -0.3 is 9.79 Å². The van der Waals surface area contributed by atoms with Crippen LogP contribution < -0.4 is 0 Å². The second-order valence-electron chi connectivity index (χ2n) is 4.16. The minimum atomic E-state index is -4.48. The van der Waals surface area contributed by atoms with Crippen molar-refractivity contribution in [2.24, 2.45) is 0 Å². The average Bonchev–Trinajstić information content (AvgIpc) is 2.45. The molecule has 0 amide bonds. The first-order valence-electron chi connectivity index (χ1n) is 5.84. The molecule has 0 unspecified atom stereocenters. The van der Waals surface area contributed by atoms with Crippen LogP contribution in [0.25, 0.3) is 0 Å². The SMILES string of the molecule is O=C(c1ccccc1)c1ccc(COP(=O)(O)O)cc1. The van der Waals surface area contributed by atoms with E-state index < -0.39 is 7.82 Å². The molecular weight excluding hydrogens is 279 g/mol. The number of ketones is 1. The standard InChI is InChI=1S/C14H13O5P/c15-14(12-4-2-1-3-5-12)13-8-6-11(7-9-13)10-19-20(16,17)18/h1-9H,10H2,(H2,16,17,18). The molecule has 2 N–H and O–H groups in total. The van der Waals surface area contributed by atoms with Gasteiger partial charge in [-0.25, -0.2) is 4.57 Å². The van der Waals surface area contributed by atoms with Gasteiger partial charge in [0.15, 0.2) is 5.78 Å². The Morgan fingerprint density at radius 2 is 1.50 bits per heavy atom. The molecule has 20 heavy (non-hydrogen) atoms. The van der Waals surface area contributed by atoms with Gasteiger partial charge in [0.1, 0.15) is 0 Å². The zero-order valence-corrected chi connectivity index (χ0v) is 11.4. The molecule has 104 valence electrons. The van der Waals surface area contributed by atoms with Crippen molar-refractivity contribution in [1.29, 1.82) is 0 Å². The Hall–Kier alpha value is -1.78. The lowest BCUT2D eigenvalue weighted by atomic mass is 10.0. The third kappa shape index (κ3) is 4.11. The fourth-order valence-corrected chi connectivity index (χ4v) is 1.98. The molecule has 0 atom stereocenters. The normalized spacial score (nSPS) is 11.3. The summed E-state index contributed by atoms with van der Waals surface area (Å²) in [7, 11) is -4.48. The molecule has 0 fully saturated rings. The van der Waals surface area contributed by atoms with Crippen molar-refractivity contribution >= 4 is 13.6 Å². The smallest absolute Gasteiger partial charge is 0.303 e. The number of hydrogen-bond acceptors (Lipinski definition) is 3. The molecule has 0 aliphatic carbocycles. The summed E-state index contributed by atoms with van der Waals surface area (Å²) in [5.41, 5.74) is 1.68. The van der Waals surface area contributed by atoms with Crippen LogP contribution in [-0.4, -0.2) is 15.6 Å². The molecule has 2 aromatic rings. The van der Waals surface area contributed by atoms with Gasteiger partial charge in [0.25, 0.3) is 0 Å². The molecule has 5 nitrogen and oxygen atoms in total. The molecule has 2 rings (SSSR count). The maximum Gasteiger partial charge on any atom is 0.469 e. The van der Waals surface area contributed by atoms with Gasteiger partial charge in [-0.2, -0.15) is 0 Å². The molecule has 0 bridgehead atoms. The number of rotatable bonds is 5. The highest BCUT2D eigenvalue weighted by Crippen LogP contribution is 2.36. The van der Waals surface area contributed by atoms with E-state index in [9.17, 15) is 9.36 Å². The van der Waals surface area contributed by atoms with Crippen LogP contribution in [0.3, 0.4) is 0 Å². The van der Waals surface area contributed by atoms with Crippen molar-refractivity contribution in [2.75, 3.05) is 0 Å². The van der Waals surface area contributed by atoms with Gasteiger partial charge in [-0.1, -0.05) is 54.6 Å². The summed E-state index contributed by atoms with van der Waals surface area (Å²) in [6.07, 6.45) is 0. The van der Waals surface area contributed by atoms with E-state index in [1.54, 1.807) is 48.5 Å². The largest absolute Gasteiger partial charge is 0.469 e. The maximum absolute atomic E-state index is 12.1. The fraction of sp³-hybridized carbons (Fsp3) is 0.0714. The third-order valence-corrected chi connectivity index (χ3v) is 3.12. The Balaban J connectivity index is 2.09. The van der Waals surface area contributed by atoms with Gasteiger partial charge in [-0.3, -0.25) is 9.32 Å². The topological polar surface area (TPSA) is 83.8 Å².